The Labute approximate surface area is 69.3 Å². The molecule has 0 fully saturated rings. The zero-order valence-electron chi connectivity index (χ0n) is 6.80. The van der Waals surface area contributed by atoms with Crippen molar-refractivity contribution in [3.8, 4) is 0 Å². The normalized spacial score (nSPS) is 13.9. The van der Waals surface area contributed by atoms with Crippen molar-refractivity contribution in [3.63, 3.8) is 0 Å². The van der Waals surface area contributed by atoms with Crippen molar-refractivity contribution in [2.75, 3.05) is 7.05 Å². The molecule has 0 amide bonds. The molecule has 1 N–H and O–H groups in total. The van der Waals surface area contributed by atoms with Crippen molar-refractivity contribution in [3.05, 3.63) is 12.3 Å². The Bertz CT molecular complexity index is 89.3. The van der Waals surface area contributed by atoms with Gasteiger partial charge in [0.25, 0.3) is 0 Å². The summed E-state index contributed by atoms with van der Waals surface area (Å²) in [5, 5.41) is 3.50. The van der Waals surface area contributed by atoms with E-state index in [2.05, 4.69) is 30.9 Å². The number of allylic oxidation sites excluding steroid dienone is 1. The summed E-state index contributed by atoms with van der Waals surface area (Å²) in [6.45, 7) is 2.13. The van der Waals surface area contributed by atoms with Crippen LogP contribution in [-0.4, -0.2) is 12.3 Å². The summed E-state index contributed by atoms with van der Waals surface area (Å²) < 4.78 is 0. The first-order chi connectivity index (χ1) is 4.77. The number of hydrogen-bond donors (Lipinski definition) is 2. The molecule has 0 aliphatic carbocycles. The van der Waals surface area contributed by atoms with Crippen LogP contribution >= 0.6 is 12.6 Å². The molecule has 0 aliphatic rings. The van der Waals surface area contributed by atoms with Gasteiger partial charge in [-0.2, -0.15) is 12.6 Å². The molecule has 0 radical (unpaired) electrons. The summed E-state index contributed by atoms with van der Waals surface area (Å²) in [6.07, 6.45) is 7.73. The molecule has 0 bridgehead atoms. The maximum Gasteiger partial charge on any atom is 0.00276 e. The number of hydrogen-bond acceptors (Lipinski definition) is 2. The smallest absolute Gasteiger partial charge is 0.00276 e. The van der Waals surface area contributed by atoms with E-state index in [9.17, 15) is 0 Å². The van der Waals surface area contributed by atoms with Crippen LogP contribution in [0.4, 0.5) is 0 Å². The molecule has 60 valence electrons. The highest BCUT2D eigenvalue weighted by atomic mass is 32.1. The molecule has 2 heteroatoms. The van der Waals surface area contributed by atoms with Gasteiger partial charge >= 0.3 is 0 Å². The number of rotatable bonds is 5. The molecular weight excluding hydrogens is 142 g/mol. The topological polar surface area (TPSA) is 12.0 Å². The molecule has 0 aliphatic heterocycles. The summed E-state index contributed by atoms with van der Waals surface area (Å²) >= 11 is 4.28. The standard InChI is InChI=1S/C8H17NS/c1-8(10)6-4-3-5-7-9-2/h5,7-10H,3-4,6H2,1-2H3/b7-5-. The fourth-order valence-electron chi connectivity index (χ4n) is 0.732. The Hall–Kier alpha value is -0.110. The van der Waals surface area contributed by atoms with Crippen molar-refractivity contribution in [1.82, 2.24) is 5.32 Å². The van der Waals surface area contributed by atoms with Crippen LogP contribution in [0.1, 0.15) is 26.2 Å². The molecule has 1 unspecified atom stereocenters. The van der Waals surface area contributed by atoms with Gasteiger partial charge in [0.05, 0.1) is 0 Å². The fraction of sp³-hybridized carbons (Fsp3) is 0.750. The Morgan fingerprint density at radius 1 is 1.60 bits per heavy atom. The Kier molecular flexibility index (Phi) is 6.93. The molecule has 1 atom stereocenters. The van der Waals surface area contributed by atoms with Crippen LogP contribution in [0.5, 0.6) is 0 Å². The summed E-state index contributed by atoms with van der Waals surface area (Å²) in [6, 6.07) is 0. The highest BCUT2D eigenvalue weighted by Crippen LogP contribution is 2.05. The van der Waals surface area contributed by atoms with Crippen molar-refractivity contribution < 1.29 is 0 Å². The van der Waals surface area contributed by atoms with E-state index >= 15 is 0 Å². The minimum Gasteiger partial charge on any atom is -0.394 e. The Balaban J connectivity index is 2.97. The van der Waals surface area contributed by atoms with Gasteiger partial charge in [0.1, 0.15) is 0 Å². The molecular formula is C8H17NS. The van der Waals surface area contributed by atoms with E-state index in [-0.39, 0.29) is 0 Å². The molecule has 0 spiro atoms. The van der Waals surface area contributed by atoms with Crippen LogP contribution in [0.15, 0.2) is 12.3 Å². The van der Waals surface area contributed by atoms with Gasteiger partial charge < -0.3 is 5.32 Å². The lowest BCUT2D eigenvalue weighted by Gasteiger charge is -1.99. The van der Waals surface area contributed by atoms with Crippen molar-refractivity contribution in [2.24, 2.45) is 0 Å². The quantitative estimate of drug-likeness (QED) is 0.463. The minimum absolute atomic E-state index is 0.544. The molecule has 1 nitrogen and oxygen atoms in total. The molecule has 0 aromatic rings. The first kappa shape index (κ1) is 9.89. The van der Waals surface area contributed by atoms with Gasteiger partial charge in [-0.3, -0.25) is 0 Å². The maximum atomic E-state index is 4.28. The first-order valence-electron chi connectivity index (χ1n) is 3.77. The largest absolute Gasteiger partial charge is 0.394 e. The van der Waals surface area contributed by atoms with E-state index in [0.29, 0.717) is 5.25 Å². The third-order valence-corrected chi connectivity index (χ3v) is 1.54. The van der Waals surface area contributed by atoms with E-state index in [1.54, 1.807) is 0 Å². The van der Waals surface area contributed by atoms with E-state index < -0.39 is 0 Å². The predicted molar refractivity (Wildman–Crippen MR) is 50.5 cm³/mol. The second kappa shape index (κ2) is 7.00. The van der Waals surface area contributed by atoms with E-state index in [4.69, 9.17) is 0 Å². The van der Waals surface area contributed by atoms with E-state index in [1.165, 1.54) is 12.8 Å². The third-order valence-electron chi connectivity index (χ3n) is 1.28. The molecule has 0 aromatic heterocycles. The third kappa shape index (κ3) is 7.89. The van der Waals surface area contributed by atoms with Gasteiger partial charge in [-0.15, -0.1) is 0 Å². The number of thiol groups is 1. The lowest BCUT2D eigenvalue weighted by molar-refractivity contribution is 0.743. The molecule has 0 aromatic carbocycles. The van der Waals surface area contributed by atoms with Crippen molar-refractivity contribution >= 4 is 12.6 Å². The number of unbranched alkanes of at least 4 members (excludes halogenated alkanes) is 1. The summed E-state index contributed by atoms with van der Waals surface area (Å²) in [5.74, 6) is 0. The van der Waals surface area contributed by atoms with Gasteiger partial charge in [-0.1, -0.05) is 13.0 Å². The second-order valence-electron chi connectivity index (χ2n) is 2.47. The summed E-state index contributed by atoms with van der Waals surface area (Å²) in [5.41, 5.74) is 0. The summed E-state index contributed by atoms with van der Waals surface area (Å²) in [7, 11) is 1.91. The van der Waals surface area contributed by atoms with Gasteiger partial charge in [0, 0.05) is 7.05 Å². The van der Waals surface area contributed by atoms with Crippen LogP contribution < -0.4 is 5.32 Å². The molecule has 0 saturated heterocycles. The predicted octanol–water partition coefficient (Wildman–Crippen LogP) is 2.21. The van der Waals surface area contributed by atoms with Gasteiger partial charge in [0.2, 0.25) is 0 Å². The minimum atomic E-state index is 0.544. The molecule has 0 rings (SSSR count). The first-order valence-corrected chi connectivity index (χ1v) is 4.29. The average Bonchev–Trinajstić information content (AvgIpc) is 1.87. The van der Waals surface area contributed by atoms with Gasteiger partial charge in [0.15, 0.2) is 0 Å². The SMILES string of the molecule is CN/C=C\CCCC(C)S. The lowest BCUT2D eigenvalue weighted by atomic mass is 10.2. The van der Waals surface area contributed by atoms with Crippen LogP contribution in [0.3, 0.4) is 0 Å². The fourth-order valence-corrected chi connectivity index (χ4v) is 0.915. The molecule has 0 heterocycles. The van der Waals surface area contributed by atoms with Gasteiger partial charge in [-0.25, -0.2) is 0 Å². The summed E-state index contributed by atoms with van der Waals surface area (Å²) in [4.78, 5) is 0. The monoisotopic (exact) mass is 159 g/mol. The van der Waals surface area contributed by atoms with Gasteiger partial charge in [-0.05, 0) is 30.7 Å². The number of nitrogens with one attached hydrogen (secondary N) is 1. The molecule has 0 saturated carbocycles. The van der Waals surface area contributed by atoms with Crippen LogP contribution in [0.2, 0.25) is 0 Å². The highest BCUT2D eigenvalue weighted by Gasteiger charge is 1.91. The maximum absolute atomic E-state index is 4.28. The van der Waals surface area contributed by atoms with Crippen LogP contribution in [0.25, 0.3) is 0 Å². The van der Waals surface area contributed by atoms with E-state index in [1.807, 2.05) is 13.2 Å². The zero-order chi connectivity index (χ0) is 7.82. The van der Waals surface area contributed by atoms with Crippen LogP contribution in [-0.2, 0) is 0 Å². The molecule has 10 heavy (non-hydrogen) atoms. The van der Waals surface area contributed by atoms with Crippen molar-refractivity contribution in [1.29, 1.82) is 0 Å². The van der Waals surface area contributed by atoms with Crippen molar-refractivity contribution in [2.45, 2.75) is 31.4 Å². The van der Waals surface area contributed by atoms with E-state index in [0.717, 1.165) is 6.42 Å². The highest BCUT2D eigenvalue weighted by molar-refractivity contribution is 7.80. The van der Waals surface area contributed by atoms with Crippen LogP contribution in [0, 0.1) is 0 Å². The Morgan fingerprint density at radius 2 is 2.30 bits per heavy atom. The second-order valence-corrected chi connectivity index (χ2v) is 3.35. The lowest BCUT2D eigenvalue weighted by Crippen LogP contribution is -1.92. The average molecular weight is 159 g/mol. The zero-order valence-corrected chi connectivity index (χ0v) is 7.70. The Morgan fingerprint density at radius 3 is 2.80 bits per heavy atom.